The van der Waals surface area contributed by atoms with E-state index >= 15 is 0 Å². The number of hydrogen-bond acceptors (Lipinski definition) is 6. The number of aromatic nitrogens is 2. The summed E-state index contributed by atoms with van der Waals surface area (Å²) < 4.78 is 0.352. The second kappa shape index (κ2) is 7.41. The van der Waals surface area contributed by atoms with Gasteiger partial charge in [-0.1, -0.05) is 48.2 Å². The van der Waals surface area contributed by atoms with Gasteiger partial charge >= 0.3 is 0 Å². The fourth-order valence-corrected chi connectivity index (χ4v) is 3.90. The SMILES string of the molecule is O=C1/C(=C/c2cccc(O)c2)SC(=S)N1/C=C/c1nc2ccccc2[nH]c1=O. The molecule has 1 saturated heterocycles. The number of fused-ring (bicyclic) bond motifs is 1. The van der Waals surface area contributed by atoms with Crippen molar-refractivity contribution < 1.29 is 9.90 Å². The number of amides is 1. The number of nitrogens with one attached hydrogen (secondary N) is 1. The van der Waals surface area contributed by atoms with Crippen LogP contribution in [-0.2, 0) is 4.79 Å². The lowest BCUT2D eigenvalue weighted by molar-refractivity contribution is -0.120. The molecule has 3 aromatic rings. The lowest BCUT2D eigenvalue weighted by Gasteiger charge is -2.07. The zero-order valence-corrected chi connectivity index (χ0v) is 16.0. The number of thiocarbonyl (C=S) groups is 1. The van der Waals surface area contributed by atoms with E-state index in [4.69, 9.17) is 12.2 Å². The highest BCUT2D eigenvalue weighted by Crippen LogP contribution is 2.33. The van der Waals surface area contributed by atoms with E-state index in [0.717, 1.165) is 11.8 Å². The molecule has 0 saturated carbocycles. The van der Waals surface area contributed by atoms with Crippen LogP contribution in [0.25, 0.3) is 23.2 Å². The van der Waals surface area contributed by atoms with Crippen LogP contribution in [0.4, 0.5) is 0 Å². The number of aromatic hydroxyl groups is 1. The Morgan fingerprint density at radius 2 is 1.96 bits per heavy atom. The summed E-state index contributed by atoms with van der Waals surface area (Å²) in [5, 5.41) is 9.56. The molecule has 0 atom stereocenters. The molecule has 4 rings (SSSR count). The lowest BCUT2D eigenvalue weighted by Crippen LogP contribution is -2.22. The molecule has 0 bridgehead atoms. The van der Waals surface area contributed by atoms with E-state index in [1.165, 1.54) is 17.2 Å². The molecule has 1 aliphatic heterocycles. The van der Waals surface area contributed by atoms with E-state index < -0.39 is 0 Å². The molecule has 2 heterocycles. The van der Waals surface area contributed by atoms with Gasteiger partial charge in [0, 0.05) is 6.20 Å². The van der Waals surface area contributed by atoms with Crippen molar-refractivity contribution in [3.8, 4) is 5.75 Å². The van der Waals surface area contributed by atoms with E-state index in [2.05, 4.69) is 9.97 Å². The number of thioether (sulfide) groups is 1. The van der Waals surface area contributed by atoms with Crippen molar-refractivity contribution in [1.82, 2.24) is 14.9 Å². The first-order valence-corrected chi connectivity index (χ1v) is 9.47. The largest absolute Gasteiger partial charge is 0.508 e. The van der Waals surface area contributed by atoms with Crippen LogP contribution in [0.1, 0.15) is 11.3 Å². The van der Waals surface area contributed by atoms with Gasteiger partial charge in [0.25, 0.3) is 11.5 Å². The van der Waals surface area contributed by atoms with Gasteiger partial charge in [-0.15, -0.1) is 0 Å². The summed E-state index contributed by atoms with van der Waals surface area (Å²) in [5.41, 5.74) is 1.82. The highest BCUT2D eigenvalue weighted by molar-refractivity contribution is 8.26. The highest BCUT2D eigenvalue weighted by atomic mass is 32.2. The van der Waals surface area contributed by atoms with E-state index in [0.29, 0.717) is 25.8 Å². The molecule has 28 heavy (non-hydrogen) atoms. The molecule has 1 amide bonds. The monoisotopic (exact) mass is 407 g/mol. The Bertz CT molecular complexity index is 1230. The number of rotatable bonds is 3. The van der Waals surface area contributed by atoms with Crippen LogP contribution in [0.15, 0.2) is 64.4 Å². The molecular weight excluding hydrogens is 394 g/mol. The van der Waals surface area contributed by atoms with Crippen LogP contribution in [-0.4, -0.2) is 30.2 Å². The minimum Gasteiger partial charge on any atom is -0.508 e. The van der Waals surface area contributed by atoms with Crippen LogP contribution < -0.4 is 5.56 Å². The summed E-state index contributed by atoms with van der Waals surface area (Å²) in [6.07, 6.45) is 4.58. The third kappa shape index (κ3) is 3.60. The van der Waals surface area contributed by atoms with Gasteiger partial charge in [0.1, 0.15) is 11.4 Å². The summed E-state index contributed by atoms with van der Waals surface area (Å²) in [5.74, 6) is -0.183. The number of benzene rings is 2. The number of aromatic amines is 1. The summed E-state index contributed by atoms with van der Waals surface area (Å²) >= 11 is 6.44. The molecule has 2 N–H and O–H groups in total. The summed E-state index contributed by atoms with van der Waals surface area (Å²) in [4.78, 5) is 33.7. The van der Waals surface area contributed by atoms with Crippen LogP contribution in [0.2, 0.25) is 0 Å². The summed E-state index contributed by atoms with van der Waals surface area (Å²) in [6, 6.07) is 13.8. The van der Waals surface area contributed by atoms with E-state index in [-0.39, 0.29) is 22.9 Å². The Balaban J connectivity index is 1.62. The minimum absolute atomic E-state index is 0.116. The number of hydrogen-bond donors (Lipinski definition) is 2. The van der Waals surface area contributed by atoms with E-state index in [9.17, 15) is 14.7 Å². The Labute approximate surface area is 169 Å². The van der Waals surface area contributed by atoms with Gasteiger partial charge in [-0.2, -0.15) is 0 Å². The molecule has 1 aliphatic rings. The molecule has 8 heteroatoms. The Kier molecular flexibility index (Phi) is 4.81. The third-order valence-corrected chi connectivity index (χ3v) is 5.33. The van der Waals surface area contributed by atoms with Crippen molar-refractivity contribution in [3.05, 3.63) is 81.2 Å². The Hall–Kier alpha value is -3.23. The van der Waals surface area contributed by atoms with Gasteiger partial charge in [0.05, 0.1) is 15.9 Å². The molecule has 138 valence electrons. The van der Waals surface area contributed by atoms with E-state index in [1.807, 2.05) is 12.1 Å². The predicted molar refractivity (Wildman–Crippen MR) is 115 cm³/mol. The highest BCUT2D eigenvalue weighted by Gasteiger charge is 2.30. The van der Waals surface area contributed by atoms with Crippen LogP contribution in [0.5, 0.6) is 5.75 Å². The Morgan fingerprint density at radius 3 is 2.79 bits per heavy atom. The standard InChI is InChI=1S/C20H13N3O3S2/c24-13-5-3-4-12(10-13)11-17-19(26)23(20(27)28-17)9-8-16-18(25)22-15-7-2-1-6-14(15)21-16/h1-11,24H,(H,22,25)/b9-8+,17-11-. The van der Waals surface area contributed by atoms with Gasteiger partial charge in [-0.25, -0.2) is 4.98 Å². The Morgan fingerprint density at radius 1 is 1.14 bits per heavy atom. The molecule has 0 radical (unpaired) electrons. The number of nitrogens with zero attached hydrogens (tertiary/aromatic N) is 2. The topological polar surface area (TPSA) is 86.3 Å². The molecular formula is C20H13N3O3S2. The van der Waals surface area contributed by atoms with Crippen LogP contribution >= 0.6 is 24.0 Å². The number of carbonyl (C=O) groups excluding carboxylic acids is 1. The molecule has 1 aromatic heterocycles. The maximum absolute atomic E-state index is 12.7. The zero-order valence-electron chi connectivity index (χ0n) is 14.3. The van der Waals surface area contributed by atoms with Crippen molar-refractivity contribution in [1.29, 1.82) is 0 Å². The lowest BCUT2D eigenvalue weighted by atomic mass is 10.2. The number of carbonyl (C=O) groups is 1. The maximum Gasteiger partial charge on any atom is 0.274 e. The first-order chi connectivity index (χ1) is 13.5. The molecule has 0 spiro atoms. The molecule has 0 unspecified atom stereocenters. The van der Waals surface area contributed by atoms with Gasteiger partial charge in [-0.3, -0.25) is 14.5 Å². The average Bonchev–Trinajstić information content (AvgIpc) is 2.93. The fourth-order valence-electron chi connectivity index (χ4n) is 2.68. The zero-order chi connectivity index (χ0) is 19.7. The second-order valence-electron chi connectivity index (χ2n) is 5.93. The van der Waals surface area contributed by atoms with Gasteiger partial charge in [0.2, 0.25) is 0 Å². The predicted octanol–water partition coefficient (Wildman–Crippen LogP) is 3.50. The quantitative estimate of drug-likeness (QED) is 0.511. The van der Waals surface area contributed by atoms with E-state index in [1.54, 1.807) is 42.5 Å². The van der Waals surface area contributed by atoms with Crippen LogP contribution in [0, 0.1) is 0 Å². The smallest absolute Gasteiger partial charge is 0.274 e. The molecule has 2 aromatic carbocycles. The van der Waals surface area contributed by atoms with Gasteiger partial charge < -0.3 is 10.1 Å². The van der Waals surface area contributed by atoms with Crippen molar-refractivity contribution >= 4 is 57.4 Å². The number of phenolic OH excluding ortho intramolecular Hbond substituents is 1. The molecule has 1 fully saturated rings. The van der Waals surface area contributed by atoms with Gasteiger partial charge in [0.15, 0.2) is 4.32 Å². The second-order valence-corrected chi connectivity index (χ2v) is 7.61. The minimum atomic E-state index is -0.351. The van der Waals surface area contributed by atoms with Crippen molar-refractivity contribution in [2.45, 2.75) is 0 Å². The maximum atomic E-state index is 12.7. The average molecular weight is 407 g/mol. The van der Waals surface area contributed by atoms with Gasteiger partial charge in [-0.05, 0) is 42.0 Å². The normalized spacial score (nSPS) is 16.0. The third-order valence-electron chi connectivity index (χ3n) is 4.00. The molecule has 6 nitrogen and oxygen atoms in total. The van der Waals surface area contributed by atoms with Crippen molar-refractivity contribution in [3.63, 3.8) is 0 Å². The first-order valence-electron chi connectivity index (χ1n) is 8.24. The van der Waals surface area contributed by atoms with Crippen LogP contribution in [0.3, 0.4) is 0 Å². The summed E-state index contributed by atoms with van der Waals surface area (Å²) in [6.45, 7) is 0. The summed E-state index contributed by atoms with van der Waals surface area (Å²) in [7, 11) is 0. The van der Waals surface area contributed by atoms with Crippen molar-refractivity contribution in [2.75, 3.05) is 0 Å². The molecule has 0 aliphatic carbocycles. The number of H-pyrrole nitrogens is 1. The van der Waals surface area contributed by atoms with Crippen molar-refractivity contribution in [2.24, 2.45) is 0 Å². The fraction of sp³-hybridized carbons (Fsp3) is 0. The number of phenols is 1. The first kappa shape index (κ1) is 18.1. The number of para-hydroxylation sites is 2.